The van der Waals surface area contributed by atoms with E-state index in [4.69, 9.17) is 11.6 Å². The molecule has 1 aromatic carbocycles. The molecule has 0 amide bonds. The number of hydrogen-bond acceptors (Lipinski definition) is 1. The molecule has 0 bridgehead atoms. The average molecular weight is 296 g/mol. The van der Waals surface area contributed by atoms with Crippen molar-refractivity contribution in [1.82, 2.24) is 0 Å². The van der Waals surface area contributed by atoms with Crippen LogP contribution in [0.1, 0.15) is 70.8 Å². The van der Waals surface area contributed by atoms with Gasteiger partial charge in [-0.3, -0.25) is 0 Å². The molecule has 0 fully saturated rings. The predicted octanol–water partition coefficient (Wildman–Crippen LogP) is 6.59. The Labute approximate surface area is 130 Å². The molecule has 0 heterocycles. The summed E-state index contributed by atoms with van der Waals surface area (Å²) in [6, 6.07) is 6.74. The lowest BCUT2D eigenvalue weighted by Gasteiger charge is -2.21. The molecule has 114 valence electrons. The van der Waals surface area contributed by atoms with E-state index in [2.05, 4.69) is 32.2 Å². The highest BCUT2D eigenvalue weighted by atomic mass is 35.5. The molecular weight excluding hydrogens is 266 g/mol. The number of unbranched alkanes of at least 4 members (excludes halogenated alkanes) is 4. The van der Waals surface area contributed by atoms with Gasteiger partial charge in [-0.1, -0.05) is 64.0 Å². The van der Waals surface area contributed by atoms with E-state index in [9.17, 15) is 0 Å². The molecule has 20 heavy (non-hydrogen) atoms. The van der Waals surface area contributed by atoms with Crippen molar-refractivity contribution >= 4 is 17.3 Å². The van der Waals surface area contributed by atoms with Gasteiger partial charge in [0.25, 0.3) is 0 Å². The van der Waals surface area contributed by atoms with Crippen molar-refractivity contribution in [3.63, 3.8) is 0 Å². The van der Waals surface area contributed by atoms with E-state index in [0.29, 0.717) is 6.04 Å². The molecular formula is C18H30ClN. The standard InChI is InChI=1S/C18H30ClN/c1-4-6-8-10-17(11-9-7-5-2)20-18-13-12-16(19)14-15(18)3/h12-14,17,20H,4-11H2,1-3H3. The van der Waals surface area contributed by atoms with E-state index in [1.54, 1.807) is 0 Å². The van der Waals surface area contributed by atoms with E-state index in [1.807, 2.05) is 12.1 Å². The first-order chi connectivity index (χ1) is 9.67. The Morgan fingerprint density at radius 1 is 1.00 bits per heavy atom. The number of aryl methyl sites for hydroxylation is 1. The van der Waals surface area contributed by atoms with E-state index in [1.165, 1.54) is 62.6 Å². The van der Waals surface area contributed by atoms with Gasteiger partial charge in [-0.05, 0) is 43.5 Å². The SMILES string of the molecule is CCCCCC(CCCCC)Nc1ccc(Cl)cc1C. The molecule has 0 aromatic heterocycles. The van der Waals surface area contributed by atoms with Gasteiger partial charge in [-0.2, -0.15) is 0 Å². The first-order valence-corrected chi connectivity index (χ1v) is 8.57. The third-order valence-corrected chi connectivity index (χ3v) is 4.10. The Kier molecular flexibility index (Phi) is 8.77. The minimum Gasteiger partial charge on any atom is -0.382 e. The molecule has 0 saturated carbocycles. The predicted molar refractivity (Wildman–Crippen MR) is 91.9 cm³/mol. The van der Waals surface area contributed by atoms with Crippen molar-refractivity contribution in [1.29, 1.82) is 0 Å². The highest BCUT2D eigenvalue weighted by Gasteiger charge is 2.09. The van der Waals surface area contributed by atoms with Crippen LogP contribution in [0.2, 0.25) is 5.02 Å². The molecule has 0 radical (unpaired) electrons. The fraction of sp³-hybridized carbons (Fsp3) is 0.667. The van der Waals surface area contributed by atoms with Crippen LogP contribution in [-0.4, -0.2) is 6.04 Å². The quantitative estimate of drug-likeness (QED) is 0.480. The van der Waals surface area contributed by atoms with Gasteiger partial charge in [0.1, 0.15) is 0 Å². The van der Waals surface area contributed by atoms with Crippen LogP contribution >= 0.6 is 11.6 Å². The van der Waals surface area contributed by atoms with Crippen LogP contribution in [0, 0.1) is 6.92 Å². The summed E-state index contributed by atoms with van der Waals surface area (Å²) in [5.41, 5.74) is 2.49. The normalized spacial score (nSPS) is 11.1. The molecule has 0 saturated heterocycles. The lowest BCUT2D eigenvalue weighted by Crippen LogP contribution is -2.20. The second kappa shape index (κ2) is 10.1. The van der Waals surface area contributed by atoms with Crippen molar-refractivity contribution < 1.29 is 0 Å². The maximum atomic E-state index is 6.03. The summed E-state index contributed by atoms with van der Waals surface area (Å²) >= 11 is 6.03. The van der Waals surface area contributed by atoms with Gasteiger partial charge in [0.15, 0.2) is 0 Å². The van der Waals surface area contributed by atoms with E-state index >= 15 is 0 Å². The fourth-order valence-corrected chi connectivity index (χ4v) is 2.81. The number of rotatable bonds is 10. The molecule has 1 nitrogen and oxygen atoms in total. The van der Waals surface area contributed by atoms with Crippen LogP contribution in [0.15, 0.2) is 18.2 Å². The molecule has 2 heteroatoms. The molecule has 0 aliphatic heterocycles. The van der Waals surface area contributed by atoms with Gasteiger partial charge >= 0.3 is 0 Å². The van der Waals surface area contributed by atoms with Crippen molar-refractivity contribution in [3.05, 3.63) is 28.8 Å². The highest BCUT2D eigenvalue weighted by molar-refractivity contribution is 6.30. The van der Waals surface area contributed by atoms with Crippen LogP contribution in [0.25, 0.3) is 0 Å². The second-order valence-electron chi connectivity index (χ2n) is 5.79. The van der Waals surface area contributed by atoms with Crippen LogP contribution in [0.4, 0.5) is 5.69 Å². The van der Waals surface area contributed by atoms with Crippen LogP contribution in [-0.2, 0) is 0 Å². The topological polar surface area (TPSA) is 12.0 Å². The summed E-state index contributed by atoms with van der Waals surface area (Å²) in [6.45, 7) is 6.66. The van der Waals surface area contributed by atoms with Gasteiger partial charge in [0.2, 0.25) is 0 Å². The number of anilines is 1. The first kappa shape index (κ1) is 17.4. The third-order valence-electron chi connectivity index (χ3n) is 3.86. The maximum Gasteiger partial charge on any atom is 0.0410 e. The Morgan fingerprint density at radius 2 is 1.60 bits per heavy atom. The van der Waals surface area contributed by atoms with Crippen molar-refractivity contribution in [2.45, 2.75) is 78.2 Å². The van der Waals surface area contributed by atoms with Crippen molar-refractivity contribution in [2.75, 3.05) is 5.32 Å². The minimum absolute atomic E-state index is 0.605. The maximum absolute atomic E-state index is 6.03. The Balaban J connectivity index is 2.56. The lowest BCUT2D eigenvalue weighted by atomic mass is 10.0. The van der Waals surface area contributed by atoms with Crippen molar-refractivity contribution in [3.8, 4) is 0 Å². The van der Waals surface area contributed by atoms with E-state index < -0.39 is 0 Å². The van der Waals surface area contributed by atoms with Crippen molar-refractivity contribution in [2.24, 2.45) is 0 Å². The monoisotopic (exact) mass is 295 g/mol. The summed E-state index contributed by atoms with van der Waals surface area (Å²) in [5.74, 6) is 0. The summed E-state index contributed by atoms with van der Waals surface area (Å²) in [5, 5.41) is 4.55. The number of halogens is 1. The number of nitrogens with one attached hydrogen (secondary N) is 1. The first-order valence-electron chi connectivity index (χ1n) is 8.20. The lowest BCUT2D eigenvalue weighted by molar-refractivity contribution is 0.526. The Morgan fingerprint density at radius 3 is 2.10 bits per heavy atom. The highest BCUT2D eigenvalue weighted by Crippen LogP contribution is 2.23. The average Bonchev–Trinajstić information content (AvgIpc) is 2.42. The molecule has 0 aliphatic rings. The second-order valence-corrected chi connectivity index (χ2v) is 6.23. The summed E-state index contributed by atoms with van der Waals surface area (Å²) < 4.78 is 0. The van der Waals surface area contributed by atoms with E-state index in [-0.39, 0.29) is 0 Å². The van der Waals surface area contributed by atoms with Gasteiger partial charge < -0.3 is 5.32 Å². The van der Waals surface area contributed by atoms with Gasteiger partial charge in [0, 0.05) is 16.8 Å². The molecule has 0 spiro atoms. The summed E-state index contributed by atoms with van der Waals surface area (Å²) in [7, 11) is 0. The van der Waals surface area contributed by atoms with Gasteiger partial charge in [0.05, 0.1) is 0 Å². The van der Waals surface area contributed by atoms with Crippen LogP contribution < -0.4 is 5.32 Å². The molecule has 0 aliphatic carbocycles. The van der Waals surface area contributed by atoms with Crippen LogP contribution in [0.5, 0.6) is 0 Å². The summed E-state index contributed by atoms with van der Waals surface area (Å²) in [4.78, 5) is 0. The smallest absolute Gasteiger partial charge is 0.0410 e. The third kappa shape index (κ3) is 6.65. The van der Waals surface area contributed by atoms with Gasteiger partial charge in [-0.15, -0.1) is 0 Å². The van der Waals surface area contributed by atoms with E-state index in [0.717, 1.165) is 5.02 Å². The fourth-order valence-electron chi connectivity index (χ4n) is 2.58. The minimum atomic E-state index is 0.605. The number of hydrogen-bond donors (Lipinski definition) is 1. The summed E-state index contributed by atoms with van der Waals surface area (Å²) in [6.07, 6.45) is 10.5. The molecule has 0 unspecified atom stereocenters. The molecule has 1 rings (SSSR count). The van der Waals surface area contributed by atoms with Gasteiger partial charge in [-0.25, -0.2) is 0 Å². The Hall–Kier alpha value is -0.690. The molecule has 0 atom stereocenters. The molecule has 1 aromatic rings. The zero-order chi connectivity index (χ0) is 14.8. The number of benzene rings is 1. The Bertz CT molecular complexity index is 366. The zero-order valence-corrected chi connectivity index (χ0v) is 14.1. The largest absolute Gasteiger partial charge is 0.382 e. The molecule has 1 N–H and O–H groups in total. The van der Waals surface area contributed by atoms with Crippen LogP contribution in [0.3, 0.4) is 0 Å². The zero-order valence-electron chi connectivity index (χ0n) is 13.3.